The van der Waals surface area contributed by atoms with Crippen molar-refractivity contribution in [3.8, 4) is 5.75 Å². The standard InChI is InChI=1S/C18H17NO3/c1-12-7-8-13(2)16(11-12)22-10-9-19-17(20)14-5-3-4-6-15(14)18(19)21/h3-8,11H,9-10H2,1-2H3. The monoisotopic (exact) mass is 295 g/mol. The number of carbonyl (C=O) groups is 2. The first kappa shape index (κ1) is 14.3. The van der Waals surface area contributed by atoms with E-state index in [1.54, 1.807) is 24.3 Å². The molecule has 1 heterocycles. The van der Waals surface area contributed by atoms with E-state index in [-0.39, 0.29) is 25.0 Å². The molecule has 0 spiro atoms. The van der Waals surface area contributed by atoms with Crippen LogP contribution in [0, 0.1) is 13.8 Å². The number of amides is 2. The van der Waals surface area contributed by atoms with Gasteiger partial charge in [0.2, 0.25) is 0 Å². The Kier molecular flexibility index (Phi) is 3.67. The predicted molar refractivity (Wildman–Crippen MR) is 83.2 cm³/mol. The van der Waals surface area contributed by atoms with E-state index >= 15 is 0 Å². The van der Waals surface area contributed by atoms with Gasteiger partial charge in [-0.2, -0.15) is 0 Å². The molecule has 3 rings (SSSR count). The summed E-state index contributed by atoms with van der Waals surface area (Å²) in [7, 11) is 0. The summed E-state index contributed by atoms with van der Waals surface area (Å²) in [5.74, 6) is 0.298. The Bertz CT molecular complexity index is 717. The van der Waals surface area contributed by atoms with Gasteiger partial charge in [0.25, 0.3) is 11.8 Å². The molecule has 2 amide bonds. The SMILES string of the molecule is Cc1ccc(C)c(OCCN2C(=O)c3ccccc3C2=O)c1. The van der Waals surface area contributed by atoms with E-state index in [0.717, 1.165) is 16.9 Å². The number of carbonyl (C=O) groups excluding carboxylic acids is 2. The van der Waals surface area contributed by atoms with E-state index in [2.05, 4.69) is 0 Å². The lowest BCUT2D eigenvalue weighted by Gasteiger charge is -2.15. The van der Waals surface area contributed by atoms with Gasteiger partial charge in [0.1, 0.15) is 12.4 Å². The van der Waals surface area contributed by atoms with Crippen molar-refractivity contribution in [2.75, 3.05) is 13.2 Å². The number of hydrogen-bond donors (Lipinski definition) is 0. The fourth-order valence-electron chi connectivity index (χ4n) is 2.55. The topological polar surface area (TPSA) is 46.6 Å². The van der Waals surface area contributed by atoms with Crippen molar-refractivity contribution in [2.24, 2.45) is 0 Å². The molecule has 2 aromatic carbocycles. The van der Waals surface area contributed by atoms with Crippen LogP contribution in [-0.2, 0) is 0 Å². The molecule has 22 heavy (non-hydrogen) atoms. The Hall–Kier alpha value is -2.62. The molecule has 1 aliphatic heterocycles. The van der Waals surface area contributed by atoms with Gasteiger partial charge in [-0.1, -0.05) is 24.3 Å². The molecule has 0 aliphatic carbocycles. The molecule has 0 saturated carbocycles. The largest absolute Gasteiger partial charge is 0.491 e. The van der Waals surface area contributed by atoms with Crippen LogP contribution in [0.15, 0.2) is 42.5 Å². The molecule has 1 aliphatic rings. The van der Waals surface area contributed by atoms with Crippen LogP contribution in [0.2, 0.25) is 0 Å². The van der Waals surface area contributed by atoms with Gasteiger partial charge in [-0.3, -0.25) is 14.5 Å². The molecule has 0 aromatic heterocycles. The first-order valence-electron chi connectivity index (χ1n) is 7.23. The van der Waals surface area contributed by atoms with Crippen LogP contribution in [0.25, 0.3) is 0 Å². The Labute approximate surface area is 129 Å². The van der Waals surface area contributed by atoms with Gasteiger partial charge in [-0.15, -0.1) is 0 Å². The smallest absolute Gasteiger partial charge is 0.261 e. The molecule has 4 nitrogen and oxygen atoms in total. The quantitative estimate of drug-likeness (QED) is 0.815. The van der Waals surface area contributed by atoms with E-state index in [1.807, 2.05) is 32.0 Å². The van der Waals surface area contributed by atoms with E-state index in [1.165, 1.54) is 4.90 Å². The Morgan fingerprint density at radius 3 is 2.23 bits per heavy atom. The second kappa shape index (κ2) is 5.64. The number of aryl methyl sites for hydroxylation is 2. The zero-order chi connectivity index (χ0) is 15.7. The second-order valence-corrected chi connectivity index (χ2v) is 5.42. The summed E-state index contributed by atoms with van der Waals surface area (Å²) in [5, 5.41) is 0. The van der Waals surface area contributed by atoms with Gasteiger partial charge in [0, 0.05) is 0 Å². The van der Waals surface area contributed by atoms with Crippen molar-refractivity contribution in [2.45, 2.75) is 13.8 Å². The normalized spacial score (nSPS) is 13.5. The zero-order valence-electron chi connectivity index (χ0n) is 12.6. The third kappa shape index (κ3) is 2.48. The van der Waals surface area contributed by atoms with E-state index in [9.17, 15) is 9.59 Å². The highest BCUT2D eigenvalue weighted by molar-refractivity contribution is 6.21. The number of fused-ring (bicyclic) bond motifs is 1. The lowest BCUT2D eigenvalue weighted by atomic mass is 10.1. The van der Waals surface area contributed by atoms with Crippen LogP contribution < -0.4 is 4.74 Å². The van der Waals surface area contributed by atoms with E-state index < -0.39 is 0 Å². The highest BCUT2D eigenvalue weighted by Gasteiger charge is 2.34. The van der Waals surface area contributed by atoms with Gasteiger partial charge in [-0.05, 0) is 43.2 Å². The summed E-state index contributed by atoms with van der Waals surface area (Å²) in [4.78, 5) is 25.7. The fourth-order valence-corrected chi connectivity index (χ4v) is 2.55. The minimum Gasteiger partial charge on any atom is -0.491 e. The molecule has 0 radical (unpaired) electrons. The summed E-state index contributed by atoms with van der Waals surface area (Å²) in [6.45, 7) is 4.50. The zero-order valence-corrected chi connectivity index (χ0v) is 12.6. The van der Waals surface area contributed by atoms with Crippen LogP contribution in [0.4, 0.5) is 0 Å². The molecular formula is C18H17NO3. The Balaban J connectivity index is 1.67. The number of nitrogens with zero attached hydrogens (tertiary/aromatic N) is 1. The number of imide groups is 1. The van der Waals surface area contributed by atoms with Crippen LogP contribution in [0.1, 0.15) is 31.8 Å². The third-order valence-electron chi connectivity index (χ3n) is 3.79. The summed E-state index contributed by atoms with van der Waals surface area (Å²) in [5.41, 5.74) is 3.09. The van der Waals surface area contributed by atoms with Crippen molar-refractivity contribution >= 4 is 11.8 Å². The van der Waals surface area contributed by atoms with Crippen molar-refractivity contribution in [1.82, 2.24) is 4.90 Å². The number of benzene rings is 2. The van der Waals surface area contributed by atoms with Crippen LogP contribution >= 0.6 is 0 Å². The van der Waals surface area contributed by atoms with Crippen LogP contribution in [0.3, 0.4) is 0 Å². The first-order chi connectivity index (χ1) is 10.6. The van der Waals surface area contributed by atoms with Crippen molar-refractivity contribution in [3.63, 3.8) is 0 Å². The molecule has 0 atom stereocenters. The molecule has 112 valence electrons. The number of ether oxygens (including phenoxy) is 1. The first-order valence-corrected chi connectivity index (χ1v) is 7.23. The maximum atomic E-state index is 12.2. The number of hydrogen-bond acceptors (Lipinski definition) is 3. The van der Waals surface area contributed by atoms with Gasteiger partial charge in [-0.25, -0.2) is 0 Å². The van der Waals surface area contributed by atoms with Gasteiger partial charge >= 0.3 is 0 Å². The fraction of sp³-hybridized carbons (Fsp3) is 0.222. The van der Waals surface area contributed by atoms with E-state index in [0.29, 0.717) is 11.1 Å². The highest BCUT2D eigenvalue weighted by atomic mass is 16.5. The maximum absolute atomic E-state index is 12.2. The lowest BCUT2D eigenvalue weighted by Crippen LogP contribution is -2.33. The summed E-state index contributed by atoms with van der Waals surface area (Å²) in [6, 6.07) is 12.9. The molecular weight excluding hydrogens is 278 g/mol. The summed E-state index contributed by atoms with van der Waals surface area (Å²) >= 11 is 0. The van der Waals surface area contributed by atoms with Crippen molar-refractivity contribution in [1.29, 1.82) is 0 Å². The molecule has 0 saturated heterocycles. The van der Waals surface area contributed by atoms with Gasteiger partial charge < -0.3 is 4.74 Å². The Morgan fingerprint density at radius 2 is 1.59 bits per heavy atom. The molecule has 2 aromatic rings. The van der Waals surface area contributed by atoms with Crippen molar-refractivity contribution in [3.05, 3.63) is 64.7 Å². The average Bonchev–Trinajstić information content (AvgIpc) is 2.76. The van der Waals surface area contributed by atoms with Crippen molar-refractivity contribution < 1.29 is 14.3 Å². The lowest BCUT2D eigenvalue weighted by molar-refractivity contribution is 0.0631. The maximum Gasteiger partial charge on any atom is 0.261 e. The predicted octanol–water partition coefficient (Wildman–Crippen LogP) is 2.98. The molecule has 4 heteroatoms. The number of rotatable bonds is 4. The third-order valence-corrected chi connectivity index (χ3v) is 3.79. The molecule has 0 bridgehead atoms. The molecule has 0 N–H and O–H groups in total. The molecule has 0 fully saturated rings. The molecule has 0 unspecified atom stereocenters. The van der Waals surface area contributed by atoms with Gasteiger partial charge in [0.15, 0.2) is 0 Å². The Morgan fingerprint density at radius 1 is 0.955 bits per heavy atom. The summed E-state index contributed by atoms with van der Waals surface area (Å²) in [6.07, 6.45) is 0. The van der Waals surface area contributed by atoms with Gasteiger partial charge in [0.05, 0.1) is 17.7 Å². The minimum absolute atomic E-state index is 0.245. The van der Waals surface area contributed by atoms with Crippen LogP contribution in [-0.4, -0.2) is 29.9 Å². The second-order valence-electron chi connectivity index (χ2n) is 5.42. The van der Waals surface area contributed by atoms with E-state index in [4.69, 9.17) is 4.74 Å². The summed E-state index contributed by atoms with van der Waals surface area (Å²) < 4.78 is 5.73. The minimum atomic E-state index is -0.245. The average molecular weight is 295 g/mol. The van der Waals surface area contributed by atoms with Crippen LogP contribution in [0.5, 0.6) is 5.75 Å². The highest BCUT2D eigenvalue weighted by Crippen LogP contribution is 2.23.